The molecule has 4 nitrogen and oxygen atoms in total. The molecule has 1 N–H and O–H groups in total. The first-order chi connectivity index (χ1) is 8.72. The van der Waals surface area contributed by atoms with Gasteiger partial charge < -0.3 is 15.0 Å². The highest BCUT2D eigenvalue weighted by molar-refractivity contribution is 5.87. The number of fused-ring (bicyclic) bond motifs is 1. The second kappa shape index (κ2) is 5.87. The molecule has 98 valence electrons. The Balaban J connectivity index is 1.88. The van der Waals surface area contributed by atoms with E-state index in [9.17, 15) is 4.79 Å². The van der Waals surface area contributed by atoms with Gasteiger partial charge in [-0.05, 0) is 18.6 Å². The molecular weight excluding hydrogens is 228 g/mol. The smallest absolute Gasteiger partial charge is 0.245 e. The van der Waals surface area contributed by atoms with Crippen LogP contribution in [0.2, 0.25) is 0 Å². The number of likely N-dealkylation sites (N-methyl/N-ethyl adjacent to an activating group) is 1. The average molecular weight is 248 g/mol. The Labute approximate surface area is 108 Å². The van der Waals surface area contributed by atoms with Crippen molar-refractivity contribution in [3.63, 3.8) is 0 Å². The van der Waals surface area contributed by atoms with E-state index in [1.165, 1.54) is 5.56 Å². The number of carbonyl (C=O) groups excluding carboxylic acids is 1. The van der Waals surface area contributed by atoms with Crippen LogP contribution in [0.1, 0.15) is 12.5 Å². The lowest BCUT2D eigenvalue weighted by Crippen LogP contribution is -2.41. The maximum Gasteiger partial charge on any atom is 0.245 e. The number of para-hydroxylation sites is 1. The van der Waals surface area contributed by atoms with Crippen molar-refractivity contribution >= 4 is 11.6 Å². The quantitative estimate of drug-likeness (QED) is 0.803. The van der Waals surface area contributed by atoms with E-state index in [2.05, 4.69) is 11.4 Å². The topological polar surface area (TPSA) is 41.6 Å². The molecule has 0 bridgehead atoms. The van der Waals surface area contributed by atoms with E-state index < -0.39 is 0 Å². The van der Waals surface area contributed by atoms with E-state index in [4.69, 9.17) is 4.74 Å². The minimum absolute atomic E-state index is 0.130. The molecule has 1 amide bonds. The summed E-state index contributed by atoms with van der Waals surface area (Å²) >= 11 is 0. The van der Waals surface area contributed by atoms with Gasteiger partial charge in [0.2, 0.25) is 5.91 Å². The zero-order valence-corrected chi connectivity index (χ0v) is 11.0. The highest BCUT2D eigenvalue weighted by atomic mass is 16.5. The molecule has 1 aromatic carbocycles. The third-order valence-electron chi connectivity index (χ3n) is 3.22. The lowest BCUT2D eigenvalue weighted by atomic mass is 10.1. The summed E-state index contributed by atoms with van der Waals surface area (Å²) < 4.78 is 5.26. The van der Waals surface area contributed by atoms with Crippen molar-refractivity contribution < 1.29 is 9.53 Å². The van der Waals surface area contributed by atoms with E-state index in [0.717, 1.165) is 12.1 Å². The van der Waals surface area contributed by atoms with Crippen molar-refractivity contribution in [2.24, 2.45) is 0 Å². The van der Waals surface area contributed by atoms with Gasteiger partial charge in [-0.3, -0.25) is 4.79 Å². The fourth-order valence-corrected chi connectivity index (χ4v) is 2.17. The third kappa shape index (κ3) is 2.82. The van der Waals surface area contributed by atoms with Gasteiger partial charge >= 0.3 is 0 Å². The summed E-state index contributed by atoms with van der Waals surface area (Å²) in [6.07, 6.45) is 0.772. The van der Waals surface area contributed by atoms with Crippen LogP contribution in [0, 0.1) is 0 Å². The van der Waals surface area contributed by atoms with E-state index in [-0.39, 0.29) is 11.9 Å². The molecule has 1 aliphatic heterocycles. The second-order valence-electron chi connectivity index (χ2n) is 4.51. The summed E-state index contributed by atoms with van der Waals surface area (Å²) in [7, 11) is 1.83. The monoisotopic (exact) mass is 248 g/mol. The summed E-state index contributed by atoms with van der Waals surface area (Å²) in [5.74, 6) is 0.130. The molecule has 0 saturated carbocycles. The number of hydrogen-bond acceptors (Lipinski definition) is 3. The molecule has 18 heavy (non-hydrogen) atoms. The van der Waals surface area contributed by atoms with Crippen molar-refractivity contribution in [1.29, 1.82) is 0 Å². The number of rotatable bonds is 5. The van der Waals surface area contributed by atoms with Gasteiger partial charge in [0, 0.05) is 32.3 Å². The van der Waals surface area contributed by atoms with Crippen molar-refractivity contribution in [2.75, 3.05) is 32.1 Å². The molecule has 2 rings (SSSR count). The molecule has 0 radical (unpaired) electrons. The van der Waals surface area contributed by atoms with Crippen LogP contribution in [0.4, 0.5) is 5.69 Å². The van der Waals surface area contributed by atoms with Gasteiger partial charge in [0.25, 0.3) is 0 Å². The van der Waals surface area contributed by atoms with Gasteiger partial charge in [-0.1, -0.05) is 18.2 Å². The Kier molecular flexibility index (Phi) is 4.20. The number of hydrogen-bond donors (Lipinski definition) is 1. The number of carbonyl (C=O) groups is 1. The molecular formula is C14H20N2O2. The Hall–Kier alpha value is -1.55. The molecule has 0 aromatic heterocycles. The largest absolute Gasteiger partial charge is 0.380 e. The number of amides is 1. The third-order valence-corrected chi connectivity index (χ3v) is 3.22. The Morgan fingerprint density at radius 3 is 3.00 bits per heavy atom. The average Bonchev–Trinajstić information content (AvgIpc) is 2.81. The summed E-state index contributed by atoms with van der Waals surface area (Å²) in [6.45, 7) is 3.88. The second-order valence-corrected chi connectivity index (χ2v) is 4.51. The molecule has 0 spiro atoms. The molecule has 0 fully saturated rings. The lowest BCUT2D eigenvalue weighted by Gasteiger charge is -2.21. The van der Waals surface area contributed by atoms with Gasteiger partial charge in [0.05, 0.1) is 6.61 Å². The zero-order valence-electron chi connectivity index (χ0n) is 11.0. The first-order valence-corrected chi connectivity index (χ1v) is 6.39. The molecule has 1 aromatic rings. The molecule has 4 heteroatoms. The van der Waals surface area contributed by atoms with Crippen LogP contribution in [-0.4, -0.2) is 43.7 Å². The Bertz CT molecular complexity index is 395. The van der Waals surface area contributed by atoms with Crippen LogP contribution in [0.25, 0.3) is 0 Å². The Morgan fingerprint density at radius 1 is 1.50 bits per heavy atom. The predicted octanol–water partition coefficient (Wildman–Crippen LogP) is 1.52. The van der Waals surface area contributed by atoms with Crippen molar-refractivity contribution in [1.82, 2.24) is 4.90 Å². The zero-order chi connectivity index (χ0) is 13.0. The number of nitrogens with zero attached hydrogens (tertiary/aromatic N) is 1. The van der Waals surface area contributed by atoms with Crippen LogP contribution in [0.5, 0.6) is 0 Å². The van der Waals surface area contributed by atoms with Crippen LogP contribution in [0.3, 0.4) is 0 Å². The summed E-state index contributed by atoms with van der Waals surface area (Å²) in [6, 6.07) is 7.94. The normalized spacial score (nSPS) is 17.1. The standard InChI is InChI=1S/C14H20N2O2/c1-3-18-9-8-16(2)14(17)13-10-11-6-4-5-7-12(11)15-13/h4-7,13,15H,3,8-10H2,1-2H3/t13-/m0/s1. The first-order valence-electron chi connectivity index (χ1n) is 6.39. The minimum Gasteiger partial charge on any atom is -0.380 e. The van der Waals surface area contributed by atoms with Crippen molar-refractivity contribution in [3.05, 3.63) is 29.8 Å². The van der Waals surface area contributed by atoms with E-state index in [1.54, 1.807) is 4.90 Å². The number of nitrogens with one attached hydrogen (secondary N) is 1. The highest BCUT2D eigenvalue weighted by Crippen LogP contribution is 2.25. The Morgan fingerprint density at radius 2 is 2.28 bits per heavy atom. The number of anilines is 1. The molecule has 0 aliphatic carbocycles. The SMILES string of the molecule is CCOCCN(C)C(=O)[C@@H]1Cc2ccccc2N1. The molecule has 1 aliphatic rings. The van der Waals surface area contributed by atoms with Crippen LogP contribution in [-0.2, 0) is 16.0 Å². The van der Waals surface area contributed by atoms with Crippen LogP contribution >= 0.6 is 0 Å². The maximum absolute atomic E-state index is 12.2. The van der Waals surface area contributed by atoms with Crippen molar-refractivity contribution in [3.8, 4) is 0 Å². The van der Waals surface area contributed by atoms with Crippen LogP contribution < -0.4 is 5.32 Å². The fraction of sp³-hybridized carbons (Fsp3) is 0.500. The molecule has 1 heterocycles. The van der Waals surface area contributed by atoms with Gasteiger partial charge in [0.15, 0.2) is 0 Å². The summed E-state index contributed by atoms with van der Waals surface area (Å²) in [5, 5.41) is 3.27. The minimum atomic E-state index is -0.131. The van der Waals surface area contributed by atoms with E-state index in [0.29, 0.717) is 19.8 Å². The predicted molar refractivity (Wildman–Crippen MR) is 71.7 cm³/mol. The lowest BCUT2D eigenvalue weighted by molar-refractivity contribution is -0.131. The maximum atomic E-state index is 12.2. The highest BCUT2D eigenvalue weighted by Gasteiger charge is 2.28. The van der Waals surface area contributed by atoms with Gasteiger partial charge in [-0.2, -0.15) is 0 Å². The summed E-state index contributed by atoms with van der Waals surface area (Å²) in [4.78, 5) is 14.0. The summed E-state index contributed by atoms with van der Waals surface area (Å²) in [5.41, 5.74) is 2.29. The number of ether oxygens (including phenoxy) is 1. The van der Waals surface area contributed by atoms with E-state index >= 15 is 0 Å². The van der Waals surface area contributed by atoms with Crippen molar-refractivity contribution in [2.45, 2.75) is 19.4 Å². The van der Waals surface area contributed by atoms with Gasteiger partial charge in [0.1, 0.15) is 6.04 Å². The fourth-order valence-electron chi connectivity index (χ4n) is 2.17. The molecule has 0 saturated heterocycles. The van der Waals surface area contributed by atoms with E-state index in [1.807, 2.05) is 32.2 Å². The first kappa shape index (κ1) is 12.9. The number of benzene rings is 1. The van der Waals surface area contributed by atoms with Crippen LogP contribution in [0.15, 0.2) is 24.3 Å². The van der Waals surface area contributed by atoms with Gasteiger partial charge in [-0.15, -0.1) is 0 Å². The molecule has 0 unspecified atom stereocenters. The van der Waals surface area contributed by atoms with Gasteiger partial charge in [-0.25, -0.2) is 0 Å². The molecule has 1 atom stereocenters.